The van der Waals surface area contributed by atoms with Gasteiger partial charge in [-0.05, 0) is 6.07 Å². The highest BCUT2D eigenvalue weighted by Gasteiger charge is 2.49. The molecule has 3 nitrogen and oxygen atoms in total. The van der Waals surface area contributed by atoms with Crippen molar-refractivity contribution in [2.75, 3.05) is 0 Å². The Morgan fingerprint density at radius 3 is 2.76 bits per heavy atom. The van der Waals surface area contributed by atoms with Crippen LogP contribution in [0.3, 0.4) is 0 Å². The fourth-order valence-electron chi connectivity index (χ4n) is 1.43. The summed E-state index contributed by atoms with van der Waals surface area (Å²) in [4.78, 5) is 17.5. The van der Waals surface area contributed by atoms with Crippen molar-refractivity contribution in [1.29, 1.82) is 0 Å². The molecular weight excluding hydrogens is 240 g/mol. The van der Waals surface area contributed by atoms with Crippen LogP contribution in [0.4, 0.5) is 17.6 Å². The van der Waals surface area contributed by atoms with Gasteiger partial charge in [0.25, 0.3) is 0 Å². The maximum atomic E-state index is 12.9. The van der Waals surface area contributed by atoms with E-state index in [9.17, 15) is 22.4 Å². The van der Waals surface area contributed by atoms with Gasteiger partial charge in [-0.1, -0.05) is 0 Å². The second-order valence-electron chi connectivity index (χ2n) is 3.38. The number of carbonyl (C=O) groups is 1. The summed E-state index contributed by atoms with van der Waals surface area (Å²) in [6.07, 6.45) is -0.499. The van der Waals surface area contributed by atoms with Gasteiger partial charge < -0.3 is 4.98 Å². The van der Waals surface area contributed by atoms with Crippen LogP contribution in [0.5, 0.6) is 0 Å². The van der Waals surface area contributed by atoms with Gasteiger partial charge in [-0.3, -0.25) is 9.78 Å². The third kappa shape index (κ3) is 1.77. The fourth-order valence-corrected chi connectivity index (χ4v) is 1.43. The predicted octanol–water partition coefficient (Wildman–Crippen LogP) is 2.65. The van der Waals surface area contributed by atoms with Gasteiger partial charge in [0.05, 0.1) is 5.56 Å². The highest BCUT2D eigenvalue weighted by molar-refractivity contribution is 6.11. The number of halogens is 4. The van der Waals surface area contributed by atoms with Crippen LogP contribution in [0.15, 0.2) is 24.7 Å². The van der Waals surface area contributed by atoms with Crippen molar-refractivity contribution in [3.63, 3.8) is 0 Å². The Hall–Kier alpha value is -1.92. The van der Waals surface area contributed by atoms with Crippen molar-refractivity contribution < 1.29 is 22.4 Å². The molecule has 0 bridgehead atoms. The summed E-state index contributed by atoms with van der Waals surface area (Å²) in [5, 5.41) is 0.0952. The topological polar surface area (TPSA) is 45.8 Å². The summed E-state index contributed by atoms with van der Waals surface area (Å²) in [6.45, 7) is 0. The first-order valence-electron chi connectivity index (χ1n) is 4.56. The van der Waals surface area contributed by atoms with Crippen LogP contribution >= 0.6 is 0 Å². The number of Topliss-reactive ketones (excluding diaryl/α,β-unsaturated/α-hetero) is 1. The van der Waals surface area contributed by atoms with Crippen molar-refractivity contribution in [3.8, 4) is 0 Å². The molecule has 2 heterocycles. The molecule has 7 heteroatoms. The molecule has 0 radical (unpaired) electrons. The zero-order chi connectivity index (χ0) is 12.6. The van der Waals surface area contributed by atoms with Crippen LogP contribution in [0.25, 0.3) is 10.9 Å². The van der Waals surface area contributed by atoms with E-state index < -0.39 is 23.7 Å². The minimum absolute atomic E-state index is 0.0952. The van der Waals surface area contributed by atoms with E-state index in [2.05, 4.69) is 9.97 Å². The molecule has 0 aliphatic carbocycles. The quantitative estimate of drug-likeness (QED) is 0.668. The van der Waals surface area contributed by atoms with Crippen molar-refractivity contribution in [2.24, 2.45) is 0 Å². The summed E-state index contributed by atoms with van der Waals surface area (Å²) in [7, 11) is 0. The van der Waals surface area contributed by atoms with E-state index in [1.165, 1.54) is 18.5 Å². The number of aromatic amines is 1. The molecule has 0 saturated heterocycles. The number of nitrogens with zero attached hydrogens (tertiary/aromatic N) is 1. The van der Waals surface area contributed by atoms with Crippen LogP contribution in [0.1, 0.15) is 10.4 Å². The van der Waals surface area contributed by atoms with Crippen LogP contribution in [-0.4, -0.2) is 28.1 Å². The molecular formula is C10H6F4N2O. The van der Waals surface area contributed by atoms with Gasteiger partial charge >= 0.3 is 12.3 Å². The maximum Gasteiger partial charge on any atom is 0.368 e. The monoisotopic (exact) mass is 246 g/mol. The van der Waals surface area contributed by atoms with E-state index in [-0.39, 0.29) is 5.39 Å². The second kappa shape index (κ2) is 3.83. The summed E-state index contributed by atoms with van der Waals surface area (Å²) < 4.78 is 49.9. The zero-order valence-corrected chi connectivity index (χ0v) is 8.25. The number of fused-ring (bicyclic) bond motifs is 1. The number of rotatable bonds is 3. The number of hydrogen-bond acceptors (Lipinski definition) is 2. The minimum atomic E-state index is -4.69. The Morgan fingerprint density at radius 2 is 2.12 bits per heavy atom. The van der Waals surface area contributed by atoms with Gasteiger partial charge in [-0.2, -0.15) is 8.78 Å². The van der Waals surface area contributed by atoms with Gasteiger partial charge in [-0.25, -0.2) is 8.78 Å². The first-order valence-corrected chi connectivity index (χ1v) is 4.56. The number of aromatic nitrogens is 2. The first kappa shape index (κ1) is 11.6. The Labute approximate surface area is 92.5 Å². The largest absolute Gasteiger partial charge is 0.368 e. The number of H-pyrrole nitrogens is 1. The molecule has 0 spiro atoms. The zero-order valence-electron chi connectivity index (χ0n) is 8.25. The van der Waals surface area contributed by atoms with E-state index in [0.717, 1.165) is 6.20 Å². The number of pyridine rings is 1. The third-order valence-electron chi connectivity index (χ3n) is 2.30. The molecule has 0 saturated carbocycles. The number of ketones is 1. The second-order valence-corrected chi connectivity index (χ2v) is 3.38. The lowest BCUT2D eigenvalue weighted by Crippen LogP contribution is -2.36. The Balaban J connectivity index is 2.51. The van der Waals surface area contributed by atoms with Crippen molar-refractivity contribution in [2.45, 2.75) is 12.3 Å². The third-order valence-corrected chi connectivity index (χ3v) is 2.30. The summed E-state index contributed by atoms with van der Waals surface area (Å²) in [6, 6.07) is 1.45. The molecule has 0 fully saturated rings. The Bertz CT molecular complexity index is 564. The van der Waals surface area contributed by atoms with E-state index in [4.69, 9.17) is 0 Å². The molecule has 2 aromatic rings. The highest BCUT2D eigenvalue weighted by Crippen LogP contribution is 2.30. The predicted molar refractivity (Wildman–Crippen MR) is 51.4 cm³/mol. The summed E-state index contributed by atoms with van der Waals surface area (Å²) >= 11 is 0. The minimum Gasteiger partial charge on any atom is -0.360 e. The molecule has 2 rings (SSSR count). The lowest BCUT2D eigenvalue weighted by atomic mass is 10.1. The Morgan fingerprint density at radius 1 is 1.41 bits per heavy atom. The number of alkyl halides is 4. The number of nitrogens with one attached hydrogen (secondary N) is 1. The van der Waals surface area contributed by atoms with Crippen LogP contribution < -0.4 is 0 Å². The lowest BCUT2D eigenvalue weighted by molar-refractivity contribution is -0.0957. The molecule has 0 aliphatic rings. The van der Waals surface area contributed by atoms with Crippen LogP contribution in [0, 0.1) is 0 Å². The van der Waals surface area contributed by atoms with E-state index in [0.29, 0.717) is 5.52 Å². The molecule has 0 aliphatic heterocycles. The average molecular weight is 246 g/mol. The summed E-state index contributed by atoms with van der Waals surface area (Å²) in [5.41, 5.74) is -0.105. The standard InChI is InChI=1S/C10H6F4N2O/c11-9(12)10(13,14)8(17)6-4-16-7-1-2-15-3-5(6)7/h1-4,9,16H. The SMILES string of the molecule is O=C(c1c[nH]c2ccncc12)C(F)(F)C(F)F. The fraction of sp³-hybridized carbons (Fsp3) is 0.200. The molecule has 0 amide bonds. The smallest absolute Gasteiger partial charge is 0.360 e. The van der Waals surface area contributed by atoms with Gasteiger partial charge in [0.15, 0.2) is 0 Å². The van der Waals surface area contributed by atoms with Gasteiger partial charge in [-0.15, -0.1) is 0 Å². The normalized spacial score (nSPS) is 12.3. The number of carbonyl (C=O) groups excluding carboxylic acids is 1. The van der Waals surface area contributed by atoms with Crippen molar-refractivity contribution in [1.82, 2.24) is 9.97 Å². The van der Waals surface area contributed by atoms with Crippen molar-refractivity contribution in [3.05, 3.63) is 30.2 Å². The molecule has 0 unspecified atom stereocenters. The van der Waals surface area contributed by atoms with Gasteiger partial charge in [0, 0.05) is 29.5 Å². The summed E-state index contributed by atoms with van der Waals surface area (Å²) in [5.74, 6) is -6.60. The van der Waals surface area contributed by atoms with E-state index in [1.54, 1.807) is 0 Å². The first-order chi connectivity index (χ1) is 7.94. The number of hydrogen-bond donors (Lipinski definition) is 1. The van der Waals surface area contributed by atoms with Crippen molar-refractivity contribution >= 4 is 16.7 Å². The van der Waals surface area contributed by atoms with Gasteiger partial charge in [0.2, 0.25) is 5.78 Å². The highest BCUT2D eigenvalue weighted by atomic mass is 19.3. The molecule has 1 N–H and O–H groups in total. The average Bonchev–Trinajstić information content (AvgIpc) is 2.71. The van der Waals surface area contributed by atoms with Gasteiger partial charge in [0.1, 0.15) is 0 Å². The molecule has 2 aromatic heterocycles. The van der Waals surface area contributed by atoms with Crippen LogP contribution in [0.2, 0.25) is 0 Å². The van der Waals surface area contributed by atoms with E-state index in [1.807, 2.05) is 0 Å². The van der Waals surface area contributed by atoms with E-state index >= 15 is 0 Å². The maximum absolute atomic E-state index is 12.9. The molecule has 0 atom stereocenters. The van der Waals surface area contributed by atoms with Crippen LogP contribution in [-0.2, 0) is 0 Å². The molecule has 0 aromatic carbocycles. The molecule has 90 valence electrons. The lowest BCUT2D eigenvalue weighted by Gasteiger charge is -2.12. The molecule has 17 heavy (non-hydrogen) atoms. The Kier molecular flexibility index (Phi) is 2.60.